The molecular weight excluding hydrogens is 208 g/mol. The molecule has 0 aliphatic heterocycles. The summed E-state index contributed by atoms with van der Waals surface area (Å²) in [5.41, 5.74) is 3.92. The zero-order valence-electron chi connectivity index (χ0n) is 8.73. The van der Waals surface area contributed by atoms with E-state index in [-0.39, 0.29) is 3.89 Å². The summed E-state index contributed by atoms with van der Waals surface area (Å²) in [5, 5.41) is 8.67. The Kier molecular flexibility index (Phi) is 8.46. The number of nitrogens with two attached hydrogens (primary N) is 1. The standard InChI is InChI=1S/C6H16NO2S.CH3NO2/c1-4-7(5-2,6-3)10(8)9;2-1(3)4/h10H,4-6H2,1-3H3;2H2,(H,3,4)/q+1;/p-1. The fourth-order valence-corrected chi connectivity index (χ4v) is 1.71. The Balaban J connectivity index is 0. The van der Waals surface area contributed by atoms with Gasteiger partial charge in [-0.3, -0.25) is 0 Å². The minimum absolute atomic E-state index is 0.218. The van der Waals surface area contributed by atoms with Crippen molar-refractivity contribution in [2.45, 2.75) is 20.8 Å². The van der Waals surface area contributed by atoms with Crippen molar-refractivity contribution in [3.63, 3.8) is 0 Å². The first-order chi connectivity index (χ1) is 6.36. The molecule has 0 aromatic rings. The van der Waals surface area contributed by atoms with Gasteiger partial charge in [-0.25, -0.2) is 3.89 Å². The Morgan fingerprint density at radius 1 is 1.21 bits per heavy atom. The number of carbonyl (C=O) groups excluding carboxylic acids is 1. The van der Waals surface area contributed by atoms with Gasteiger partial charge in [-0.15, -0.1) is 0 Å². The van der Waals surface area contributed by atoms with E-state index in [0.717, 1.165) is 0 Å². The van der Waals surface area contributed by atoms with E-state index in [4.69, 9.17) is 9.90 Å². The van der Waals surface area contributed by atoms with Gasteiger partial charge in [-0.1, -0.05) is 0 Å². The van der Waals surface area contributed by atoms with Crippen LogP contribution in [0.1, 0.15) is 20.8 Å². The molecule has 0 aliphatic rings. The van der Waals surface area contributed by atoms with E-state index in [1.165, 1.54) is 0 Å². The van der Waals surface area contributed by atoms with Gasteiger partial charge in [-0.2, -0.15) is 8.42 Å². The Morgan fingerprint density at radius 2 is 1.43 bits per heavy atom. The molecule has 1 amide bonds. The van der Waals surface area contributed by atoms with Crippen LogP contribution in [0.2, 0.25) is 0 Å². The van der Waals surface area contributed by atoms with Crippen LogP contribution in [0.4, 0.5) is 4.79 Å². The Hall–Kier alpha value is -0.820. The highest BCUT2D eigenvalue weighted by Crippen LogP contribution is 2.04. The van der Waals surface area contributed by atoms with Crippen LogP contribution in [0.25, 0.3) is 0 Å². The Bertz CT molecular complexity index is 216. The third kappa shape index (κ3) is 5.76. The Morgan fingerprint density at radius 3 is 1.43 bits per heavy atom. The summed E-state index contributed by atoms with van der Waals surface area (Å²) in [6.45, 7) is 7.72. The van der Waals surface area contributed by atoms with Gasteiger partial charge in [0.1, 0.15) is 6.09 Å². The van der Waals surface area contributed by atoms with Crippen molar-refractivity contribution < 1.29 is 22.2 Å². The summed E-state index contributed by atoms with van der Waals surface area (Å²) in [6, 6.07) is 0. The molecular formula is C7H18N2O4S. The van der Waals surface area contributed by atoms with Crippen LogP contribution in [0.3, 0.4) is 0 Å². The maximum atomic E-state index is 10.7. The molecule has 0 saturated carbocycles. The summed E-state index contributed by atoms with van der Waals surface area (Å²) in [4.78, 5) is 8.67. The minimum atomic E-state index is -2.31. The van der Waals surface area contributed by atoms with Gasteiger partial charge < -0.3 is 15.6 Å². The number of hydrogen-bond acceptors (Lipinski definition) is 4. The smallest absolute Gasteiger partial charge is 0.287 e. The molecule has 0 radical (unpaired) electrons. The van der Waals surface area contributed by atoms with Crippen molar-refractivity contribution in [2.24, 2.45) is 5.73 Å². The highest BCUT2D eigenvalue weighted by Gasteiger charge is 2.22. The van der Waals surface area contributed by atoms with E-state index in [0.29, 0.717) is 19.6 Å². The molecule has 0 heterocycles. The van der Waals surface area contributed by atoms with Gasteiger partial charge in [0.25, 0.3) is 10.9 Å². The zero-order chi connectivity index (χ0) is 11.8. The van der Waals surface area contributed by atoms with Crippen LogP contribution in [0.5, 0.6) is 0 Å². The van der Waals surface area contributed by atoms with Gasteiger partial charge in [-0.05, 0) is 20.8 Å². The highest BCUT2D eigenvalue weighted by molar-refractivity contribution is 7.66. The molecule has 7 heteroatoms. The first-order valence-corrected chi connectivity index (χ1v) is 5.46. The van der Waals surface area contributed by atoms with Gasteiger partial charge in [0.2, 0.25) is 0 Å². The lowest BCUT2D eigenvalue weighted by atomic mass is 10.5. The third-order valence-electron chi connectivity index (χ3n) is 2.11. The predicted molar refractivity (Wildman–Crippen MR) is 51.8 cm³/mol. The SMILES string of the molecule is CC[N+](CC)(CC)[SH](=O)=O.NC(=O)[O-]. The fourth-order valence-electron chi connectivity index (χ4n) is 1.02. The highest BCUT2D eigenvalue weighted by atomic mass is 32.2. The second-order valence-corrected chi connectivity index (χ2v) is 3.92. The van der Waals surface area contributed by atoms with Crippen LogP contribution < -0.4 is 10.8 Å². The number of rotatable bonds is 4. The molecule has 14 heavy (non-hydrogen) atoms. The molecule has 0 bridgehead atoms. The van der Waals surface area contributed by atoms with E-state index in [1.807, 2.05) is 20.8 Å². The zero-order valence-corrected chi connectivity index (χ0v) is 9.62. The number of carbonyl (C=O) groups is 1. The lowest BCUT2D eigenvalue weighted by Gasteiger charge is -2.27. The maximum absolute atomic E-state index is 10.7. The summed E-state index contributed by atoms with van der Waals surface area (Å²) in [7, 11) is -2.31. The number of amides is 1. The lowest BCUT2D eigenvalue weighted by molar-refractivity contribution is -0.796. The molecule has 2 N–H and O–H groups in total. The third-order valence-corrected chi connectivity index (χ3v) is 3.65. The summed E-state index contributed by atoms with van der Waals surface area (Å²) in [6.07, 6.45) is -1.58. The molecule has 0 spiro atoms. The Labute approximate surface area is 86.0 Å². The number of carboxylic acid groups (broad SMARTS) is 1. The topological polar surface area (TPSA) is 100 Å². The molecule has 0 aliphatic carbocycles. The summed E-state index contributed by atoms with van der Waals surface area (Å²) >= 11 is 0. The van der Waals surface area contributed by atoms with Crippen molar-refractivity contribution in [3.8, 4) is 0 Å². The largest absolute Gasteiger partial charge is 0.530 e. The first kappa shape index (κ1) is 15.6. The normalized spacial score (nSPS) is 10.6. The number of thiol groups is 1. The number of primary amides is 1. The van der Waals surface area contributed by atoms with Gasteiger partial charge in [0.15, 0.2) is 0 Å². The minimum Gasteiger partial charge on any atom is -0.530 e. The number of hydrogen-bond donors (Lipinski definition) is 2. The fraction of sp³-hybridized carbons (Fsp3) is 0.857. The van der Waals surface area contributed by atoms with Crippen molar-refractivity contribution in [3.05, 3.63) is 0 Å². The van der Waals surface area contributed by atoms with Gasteiger partial charge >= 0.3 is 0 Å². The van der Waals surface area contributed by atoms with E-state index in [9.17, 15) is 8.42 Å². The summed E-state index contributed by atoms with van der Waals surface area (Å²) in [5.74, 6) is 0. The molecule has 0 rings (SSSR count). The van der Waals surface area contributed by atoms with Gasteiger partial charge in [0, 0.05) is 0 Å². The summed E-state index contributed by atoms with van der Waals surface area (Å²) < 4.78 is 21.7. The van der Waals surface area contributed by atoms with Crippen LogP contribution in [0.15, 0.2) is 0 Å². The second kappa shape index (κ2) is 7.57. The van der Waals surface area contributed by atoms with Crippen molar-refractivity contribution in [2.75, 3.05) is 19.6 Å². The lowest BCUT2D eigenvalue weighted by Crippen LogP contribution is -2.45. The van der Waals surface area contributed by atoms with Gasteiger partial charge in [0.05, 0.1) is 19.6 Å². The molecule has 0 unspecified atom stereocenters. The molecule has 0 aromatic carbocycles. The first-order valence-electron chi connectivity index (χ1n) is 4.33. The second-order valence-electron chi connectivity index (χ2n) is 2.60. The van der Waals surface area contributed by atoms with E-state index in [1.54, 1.807) is 0 Å². The quantitative estimate of drug-likeness (QED) is 0.458. The van der Waals surface area contributed by atoms with Crippen LogP contribution in [-0.2, 0) is 10.9 Å². The van der Waals surface area contributed by atoms with E-state index in [2.05, 4.69) is 5.73 Å². The van der Waals surface area contributed by atoms with Crippen molar-refractivity contribution in [1.82, 2.24) is 0 Å². The molecule has 0 saturated heterocycles. The van der Waals surface area contributed by atoms with Crippen LogP contribution in [0, 0.1) is 0 Å². The van der Waals surface area contributed by atoms with Crippen LogP contribution in [-0.4, -0.2) is 38.0 Å². The van der Waals surface area contributed by atoms with Crippen LogP contribution >= 0.6 is 0 Å². The maximum Gasteiger partial charge on any atom is 0.287 e. The predicted octanol–water partition coefficient (Wildman–Crippen LogP) is -1.32. The number of quaternary nitrogens is 1. The number of nitrogens with zero attached hydrogens (tertiary/aromatic N) is 1. The molecule has 86 valence electrons. The molecule has 0 aromatic heterocycles. The average Bonchev–Trinajstić information content (AvgIpc) is 2.07. The van der Waals surface area contributed by atoms with Crippen molar-refractivity contribution in [1.29, 1.82) is 0 Å². The monoisotopic (exact) mass is 226 g/mol. The van der Waals surface area contributed by atoms with Crippen molar-refractivity contribution >= 4 is 17.0 Å². The van der Waals surface area contributed by atoms with E-state index < -0.39 is 17.0 Å². The van der Waals surface area contributed by atoms with E-state index >= 15 is 0 Å². The molecule has 0 fully saturated rings. The molecule has 6 nitrogen and oxygen atoms in total. The molecule has 0 atom stereocenters. The average molecular weight is 226 g/mol.